The van der Waals surface area contributed by atoms with Crippen LogP contribution in [0.4, 0.5) is 5.95 Å². The number of ketones is 1. The number of nitrogen functional groups attached to an aromatic ring is 1. The molecule has 2 N–H and O–H groups in total. The number of carbonyl (C=O) groups excluding carboxylic acids is 1. The van der Waals surface area contributed by atoms with Crippen LogP contribution in [0.2, 0.25) is 0 Å². The molecular weight excluding hydrogens is 314 g/mol. The van der Waals surface area contributed by atoms with Crippen LogP contribution in [-0.2, 0) is 0 Å². The fourth-order valence-corrected chi connectivity index (χ4v) is 2.97. The van der Waals surface area contributed by atoms with Gasteiger partial charge in [-0.3, -0.25) is 4.79 Å². The number of carbonyl (C=O) groups is 1. The molecule has 0 saturated carbocycles. The lowest BCUT2D eigenvalue weighted by Crippen LogP contribution is -2.05. The average Bonchev–Trinajstić information content (AvgIpc) is 2.95. The Balaban J connectivity index is 1.76. The summed E-state index contributed by atoms with van der Waals surface area (Å²) in [6.07, 6.45) is 0. The van der Waals surface area contributed by atoms with Crippen LogP contribution in [0.1, 0.15) is 16.1 Å². The van der Waals surface area contributed by atoms with Crippen molar-refractivity contribution in [3.8, 4) is 5.75 Å². The van der Waals surface area contributed by atoms with Crippen molar-refractivity contribution in [1.29, 1.82) is 0 Å². The van der Waals surface area contributed by atoms with E-state index in [0.29, 0.717) is 28.1 Å². The topological polar surface area (TPSA) is 95.4 Å². The number of aryl methyl sites for hydroxylation is 1. The lowest BCUT2D eigenvalue weighted by molar-refractivity contribution is 0.102. The first-order chi connectivity index (χ1) is 11.1. The standard InChI is InChI=1S/C15H15N5O2S/c1-9-7-13-18-19-15(20(13)14(16)17-9)23-8-12(21)10-3-5-11(22-2)6-4-10/h3-7H,8H2,1-2H3,(H2,16,17). The second kappa shape index (κ2) is 6.25. The number of methoxy groups -OCH3 is 1. The fraction of sp³-hybridized carbons (Fsp3) is 0.200. The Labute approximate surface area is 136 Å². The second-order valence-electron chi connectivity index (χ2n) is 4.87. The minimum atomic E-state index is -0.00644. The first-order valence-corrected chi connectivity index (χ1v) is 7.85. The van der Waals surface area contributed by atoms with Crippen LogP contribution >= 0.6 is 11.8 Å². The Morgan fingerprint density at radius 2 is 2.04 bits per heavy atom. The van der Waals surface area contributed by atoms with Crippen molar-refractivity contribution >= 4 is 29.1 Å². The van der Waals surface area contributed by atoms with Gasteiger partial charge in [0.05, 0.1) is 12.9 Å². The molecule has 0 amide bonds. The lowest BCUT2D eigenvalue weighted by Gasteiger charge is -2.04. The molecule has 118 valence electrons. The maximum Gasteiger partial charge on any atom is 0.208 e. The van der Waals surface area contributed by atoms with Gasteiger partial charge in [0.25, 0.3) is 0 Å². The van der Waals surface area contributed by atoms with Crippen molar-refractivity contribution in [2.75, 3.05) is 18.6 Å². The summed E-state index contributed by atoms with van der Waals surface area (Å²) in [5.41, 5.74) is 7.92. The highest BCUT2D eigenvalue weighted by Crippen LogP contribution is 2.21. The highest BCUT2D eigenvalue weighted by Gasteiger charge is 2.13. The number of thioether (sulfide) groups is 1. The lowest BCUT2D eigenvalue weighted by atomic mass is 10.1. The summed E-state index contributed by atoms with van der Waals surface area (Å²) in [6, 6.07) is 8.79. The minimum Gasteiger partial charge on any atom is -0.497 e. The Morgan fingerprint density at radius 3 is 2.74 bits per heavy atom. The van der Waals surface area contributed by atoms with E-state index in [1.807, 2.05) is 6.92 Å². The van der Waals surface area contributed by atoms with E-state index in [2.05, 4.69) is 15.2 Å². The minimum absolute atomic E-state index is 0.00644. The third-order valence-corrected chi connectivity index (χ3v) is 4.19. The maximum absolute atomic E-state index is 12.2. The van der Waals surface area contributed by atoms with Gasteiger partial charge in [0.15, 0.2) is 16.6 Å². The van der Waals surface area contributed by atoms with Gasteiger partial charge in [-0.2, -0.15) is 0 Å². The van der Waals surface area contributed by atoms with Gasteiger partial charge in [0.2, 0.25) is 5.95 Å². The molecule has 0 aliphatic heterocycles. The highest BCUT2D eigenvalue weighted by atomic mass is 32.2. The van der Waals surface area contributed by atoms with E-state index in [9.17, 15) is 4.79 Å². The molecule has 0 unspecified atom stereocenters. The number of rotatable bonds is 5. The van der Waals surface area contributed by atoms with Crippen LogP contribution in [0.5, 0.6) is 5.75 Å². The van der Waals surface area contributed by atoms with Gasteiger partial charge >= 0.3 is 0 Å². The number of nitrogens with zero attached hydrogens (tertiary/aromatic N) is 4. The molecule has 0 bridgehead atoms. The molecule has 1 aromatic carbocycles. The van der Waals surface area contributed by atoms with Crippen molar-refractivity contribution in [1.82, 2.24) is 19.6 Å². The number of nitrogens with two attached hydrogens (primary N) is 1. The number of fused-ring (bicyclic) bond motifs is 1. The molecule has 8 heteroatoms. The smallest absolute Gasteiger partial charge is 0.208 e. The summed E-state index contributed by atoms with van der Waals surface area (Å²) in [4.78, 5) is 16.4. The quantitative estimate of drug-likeness (QED) is 0.565. The predicted molar refractivity (Wildman–Crippen MR) is 88.0 cm³/mol. The summed E-state index contributed by atoms with van der Waals surface area (Å²) in [5.74, 6) is 1.25. The van der Waals surface area contributed by atoms with Gasteiger partial charge in [-0.15, -0.1) is 10.2 Å². The number of Topliss-reactive ketones (excluding diaryl/α,β-unsaturated/α-hetero) is 1. The fourth-order valence-electron chi connectivity index (χ4n) is 2.12. The first kappa shape index (κ1) is 15.3. The van der Waals surface area contributed by atoms with E-state index in [0.717, 1.165) is 5.69 Å². The van der Waals surface area contributed by atoms with Gasteiger partial charge in [-0.1, -0.05) is 11.8 Å². The van der Waals surface area contributed by atoms with E-state index in [1.54, 1.807) is 41.8 Å². The molecule has 7 nitrogen and oxygen atoms in total. The van der Waals surface area contributed by atoms with Gasteiger partial charge in [-0.25, -0.2) is 9.38 Å². The molecule has 0 spiro atoms. The van der Waals surface area contributed by atoms with Crippen LogP contribution in [0, 0.1) is 6.92 Å². The van der Waals surface area contributed by atoms with E-state index in [4.69, 9.17) is 10.5 Å². The molecular formula is C15H15N5O2S. The molecule has 23 heavy (non-hydrogen) atoms. The molecule has 3 aromatic rings. The van der Waals surface area contributed by atoms with Crippen LogP contribution in [0.25, 0.3) is 5.65 Å². The molecule has 3 rings (SSSR count). The molecule has 0 radical (unpaired) electrons. The SMILES string of the molecule is COc1ccc(C(=O)CSc2nnc3cc(C)nc(N)n23)cc1. The largest absolute Gasteiger partial charge is 0.497 e. The van der Waals surface area contributed by atoms with Crippen LogP contribution in [0.15, 0.2) is 35.5 Å². The summed E-state index contributed by atoms with van der Waals surface area (Å²) in [5, 5.41) is 8.68. The van der Waals surface area contributed by atoms with Crippen molar-refractivity contribution in [3.63, 3.8) is 0 Å². The van der Waals surface area contributed by atoms with Gasteiger partial charge in [-0.05, 0) is 31.2 Å². The van der Waals surface area contributed by atoms with Gasteiger partial charge < -0.3 is 10.5 Å². The molecule has 0 saturated heterocycles. The molecule has 0 aliphatic rings. The van der Waals surface area contributed by atoms with Crippen molar-refractivity contribution in [2.24, 2.45) is 0 Å². The zero-order valence-electron chi connectivity index (χ0n) is 12.7. The van der Waals surface area contributed by atoms with Crippen LogP contribution in [-0.4, -0.2) is 38.2 Å². The summed E-state index contributed by atoms with van der Waals surface area (Å²) in [7, 11) is 1.59. The van der Waals surface area contributed by atoms with Crippen LogP contribution in [0.3, 0.4) is 0 Å². The molecule has 2 heterocycles. The maximum atomic E-state index is 12.2. The Hall–Kier alpha value is -2.61. The Morgan fingerprint density at radius 1 is 1.30 bits per heavy atom. The zero-order valence-corrected chi connectivity index (χ0v) is 13.5. The van der Waals surface area contributed by atoms with Gasteiger partial charge in [0, 0.05) is 17.3 Å². The number of benzene rings is 1. The number of anilines is 1. The number of ether oxygens (including phenoxy) is 1. The average molecular weight is 329 g/mol. The van der Waals surface area contributed by atoms with Crippen LogP contribution < -0.4 is 10.5 Å². The zero-order chi connectivity index (χ0) is 16.4. The molecule has 0 atom stereocenters. The van der Waals surface area contributed by atoms with E-state index in [1.165, 1.54) is 11.8 Å². The number of hydrogen-bond acceptors (Lipinski definition) is 7. The van der Waals surface area contributed by atoms with Crippen molar-refractivity contribution in [3.05, 3.63) is 41.6 Å². The molecule has 0 fully saturated rings. The molecule has 2 aromatic heterocycles. The third kappa shape index (κ3) is 3.11. The number of hydrogen-bond donors (Lipinski definition) is 1. The monoisotopic (exact) mass is 329 g/mol. The summed E-state index contributed by atoms with van der Waals surface area (Å²) < 4.78 is 6.72. The van der Waals surface area contributed by atoms with E-state index in [-0.39, 0.29) is 11.5 Å². The third-order valence-electron chi connectivity index (χ3n) is 3.26. The van der Waals surface area contributed by atoms with E-state index >= 15 is 0 Å². The Bertz CT molecular complexity index is 860. The van der Waals surface area contributed by atoms with Crippen molar-refractivity contribution in [2.45, 2.75) is 12.1 Å². The predicted octanol–water partition coefficient (Wildman–Crippen LogP) is 2.00. The highest BCUT2D eigenvalue weighted by molar-refractivity contribution is 7.99. The second-order valence-corrected chi connectivity index (χ2v) is 5.81. The Kier molecular flexibility index (Phi) is 4.16. The normalized spacial score (nSPS) is 10.9. The first-order valence-electron chi connectivity index (χ1n) is 6.87. The summed E-state index contributed by atoms with van der Waals surface area (Å²) >= 11 is 1.28. The van der Waals surface area contributed by atoms with E-state index < -0.39 is 0 Å². The number of aromatic nitrogens is 4. The molecule has 0 aliphatic carbocycles. The summed E-state index contributed by atoms with van der Waals surface area (Å²) in [6.45, 7) is 1.84. The van der Waals surface area contributed by atoms with Crippen molar-refractivity contribution < 1.29 is 9.53 Å². The van der Waals surface area contributed by atoms with Gasteiger partial charge in [0.1, 0.15) is 5.75 Å².